The number of ether oxygens (including phenoxy) is 2. The number of likely N-dealkylation sites (tertiary alicyclic amines) is 1. The van der Waals surface area contributed by atoms with Crippen molar-refractivity contribution < 1.29 is 14.6 Å². The van der Waals surface area contributed by atoms with Gasteiger partial charge < -0.3 is 14.6 Å². The lowest BCUT2D eigenvalue weighted by atomic mass is 9.66. The minimum atomic E-state index is -0.617. The van der Waals surface area contributed by atoms with Gasteiger partial charge in [-0.3, -0.25) is 4.90 Å². The topological polar surface area (TPSA) is 41.9 Å². The normalized spacial score (nSPS) is 27.3. The Morgan fingerprint density at radius 2 is 1.93 bits per heavy atom. The van der Waals surface area contributed by atoms with Crippen LogP contribution in [0.5, 0.6) is 11.5 Å². The first-order valence-corrected chi connectivity index (χ1v) is 10.9. The van der Waals surface area contributed by atoms with Crippen molar-refractivity contribution in [3.8, 4) is 11.5 Å². The minimum absolute atomic E-state index is 0.0513. The van der Waals surface area contributed by atoms with E-state index in [1.54, 1.807) is 14.2 Å². The average molecular weight is 416 g/mol. The molecule has 0 unspecified atom stereocenters. The molecule has 2 aromatic rings. The van der Waals surface area contributed by atoms with Crippen molar-refractivity contribution in [1.82, 2.24) is 4.90 Å². The van der Waals surface area contributed by atoms with Gasteiger partial charge in [0.2, 0.25) is 0 Å². The second-order valence-electron chi connectivity index (χ2n) is 8.32. The van der Waals surface area contributed by atoms with E-state index in [2.05, 4.69) is 17.0 Å². The van der Waals surface area contributed by atoms with E-state index in [1.165, 1.54) is 0 Å². The molecule has 0 amide bonds. The molecule has 4 nitrogen and oxygen atoms in total. The van der Waals surface area contributed by atoms with Gasteiger partial charge in [0.15, 0.2) is 0 Å². The number of nitrogens with zero attached hydrogens (tertiary/aromatic N) is 1. The van der Waals surface area contributed by atoms with Crippen LogP contribution in [0.25, 0.3) is 0 Å². The van der Waals surface area contributed by atoms with E-state index in [-0.39, 0.29) is 12.0 Å². The molecule has 0 bridgehead atoms. The van der Waals surface area contributed by atoms with E-state index in [0.29, 0.717) is 0 Å². The summed E-state index contributed by atoms with van der Waals surface area (Å²) in [5, 5.41) is 12.3. The fourth-order valence-corrected chi connectivity index (χ4v) is 5.44. The number of fused-ring (bicyclic) bond motifs is 1. The molecule has 29 heavy (non-hydrogen) atoms. The number of rotatable bonds is 5. The second-order valence-corrected chi connectivity index (χ2v) is 8.73. The highest BCUT2D eigenvalue weighted by Crippen LogP contribution is 2.51. The molecule has 5 heteroatoms. The maximum atomic E-state index is 11.5. The number of methoxy groups -OCH3 is 2. The summed E-state index contributed by atoms with van der Waals surface area (Å²) in [6, 6.07) is 14.0. The van der Waals surface area contributed by atoms with Crippen LogP contribution < -0.4 is 9.47 Å². The number of hydrogen-bond acceptors (Lipinski definition) is 4. The molecule has 1 heterocycles. The molecule has 4 rings (SSSR count). The van der Waals surface area contributed by atoms with Crippen molar-refractivity contribution in [2.75, 3.05) is 20.8 Å². The van der Waals surface area contributed by atoms with Gasteiger partial charge in [0.25, 0.3) is 0 Å². The summed E-state index contributed by atoms with van der Waals surface area (Å²) in [4.78, 5) is 2.46. The van der Waals surface area contributed by atoms with Crippen LogP contribution in [0, 0.1) is 5.92 Å². The van der Waals surface area contributed by atoms with Crippen LogP contribution in [-0.4, -0.2) is 36.4 Å². The zero-order valence-electron chi connectivity index (χ0n) is 17.2. The van der Waals surface area contributed by atoms with E-state index < -0.39 is 5.60 Å². The van der Waals surface area contributed by atoms with Crippen LogP contribution in [0.15, 0.2) is 42.5 Å². The number of benzene rings is 2. The maximum Gasteiger partial charge on any atom is 0.123 e. The van der Waals surface area contributed by atoms with Gasteiger partial charge in [-0.2, -0.15) is 0 Å². The zero-order chi connectivity index (χ0) is 20.4. The quantitative estimate of drug-likeness (QED) is 0.726. The summed E-state index contributed by atoms with van der Waals surface area (Å²) in [6.45, 7) is 1.57. The third-order valence-electron chi connectivity index (χ3n) is 6.76. The average Bonchev–Trinajstić information content (AvgIpc) is 2.74. The number of hydrogen-bond donors (Lipinski definition) is 1. The standard InChI is InChI=1S/C24H30ClNO3/c1-28-18-10-11-22(29-2)19(15-18)23-20-8-5-6-12-24(20,27)13-14-26(23)16-17-7-3-4-9-21(17)25/h3-4,7,9-11,15,20,23,27H,5-6,8,12-14,16H2,1-2H3/t20-,23+,24-/m0/s1. The van der Waals surface area contributed by atoms with Gasteiger partial charge in [-0.05, 0) is 49.1 Å². The molecule has 2 aliphatic rings. The minimum Gasteiger partial charge on any atom is -0.497 e. The van der Waals surface area contributed by atoms with Crippen molar-refractivity contribution >= 4 is 11.6 Å². The van der Waals surface area contributed by atoms with Gasteiger partial charge in [-0.1, -0.05) is 42.6 Å². The largest absolute Gasteiger partial charge is 0.497 e. The summed E-state index contributed by atoms with van der Waals surface area (Å²) in [5.74, 6) is 1.81. The van der Waals surface area contributed by atoms with E-state index in [1.807, 2.05) is 30.3 Å². The van der Waals surface area contributed by atoms with Crippen molar-refractivity contribution in [1.29, 1.82) is 0 Å². The molecule has 2 fully saturated rings. The lowest BCUT2D eigenvalue weighted by Gasteiger charge is -2.53. The predicted molar refractivity (Wildman–Crippen MR) is 116 cm³/mol. The summed E-state index contributed by atoms with van der Waals surface area (Å²) in [6.07, 6.45) is 4.93. The fourth-order valence-electron chi connectivity index (χ4n) is 5.25. The molecule has 1 aliphatic carbocycles. The smallest absolute Gasteiger partial charge is 0.123 e. The first-order valence-electron chi connectivity index (χ1n) is 10.5. The number of piperidine rings is 1. The second kappa shape index (κ2) is 8.55. The summed E-state index contributed by atoms with van der Waals surface area (Å²) in [7, 11) is 3.39. The molecular formula is C24H30ClNO3. The Hall–Kier alpha value is -1.75. The van der Waals surface area contributed by atoms with E-state index in [0.717, 1.165) is 72.8 Å². The molecular weight excluding hydrogens is 386 g/mol. The maximum absolute atomic E-state index is 11.5. The van der Waals surface area contributed by atoms with Crippen molar-refractivity contribution in [2.24, 2.45) is 5.92 Å². The van der Waals surface area contributed by atoms with Crippen LogP contribution in [0.4, 0.5) is 0 Å². The third kappa shape index (κ3) is 3.98. The Kier molecular flexibility index (Phi) is 6.05. The van der Waals surface area contributed by atoms with Crippen LogP contribution in [0.3, 0.4) is 0 Å². The first kappa shape index (κ1) is 20.5. The van der Waals surface area contributed by atoms with Crippen LogP contribution >= 0.6 is 11.6 Å². The zero-order valence-corrected chi connectivity index (χ0v) is 18.0. The van der Waals surface area contributed by atoms with Crippen LogP contribution in [-0.2, 0) is 6.54 Å². The van der Waals surface area contributed by atoms with E-state index in [4.69, 9.17) is 21.1 Å². The monoisotopic (exact) mass is 415 g/mol. The van der Waals surface area contributed by atoms with Crippen molar-refractivity contribution in [3.05, 3.63) is 58.6 Å². The summed E-state index contributed by atoms with van der Waals surface area (Å²) >= 11 is 6.49. The molecule has 3 atom stereocenters. The Morgan fingerprint density at radius 1 is 1.10 bits per heavy atom. The highest BCUT2D eigenvalue weighted by Gasteiger charge is 2.49. The first-order chi connectivity index (χ1) is 14.1. The molecule has 2 aromatic carbocycles. The van der Waals surface area contributed by atoms with Crippen molar-refractivity contribution in [3.63, 3.8) is 0 Å². The molecule has 1 N–H and O–H groups in total. The Labute approximate surface area is 178 Å². The van der Waals surface area contributed by atoms with Crippen LogP contribution in [0.1, 0.15) is 49.3 Å². The fraction of sp³-hybridized carbons (Fsp3) is 0.500. The Bertz CT molecular complexity index is 858. The number of halogens is 1. The van der Waals surface area contributed by atoms with Crippen molar-refractivity contribution in [2.45, 2.75) is 50.3 Å². The van der Waals surface area contributed by atoms with Gasteiger partial charge in [0.1, 0.15) is 11.5 Å². The molecule has 1 aliphatic heterocycles. The summed E-state index contributed by atoms with van der Waals surface area (Å²) in [5.41, 5.74) is 1.58. The lowest BCUT2D eigenvalue weighted by molar-refractivity contribution is -0.126. The number of aliphatic hydroxyl groups is 1. The SMILES string of the molecule is COc1ccc(OC)c([C@@H]2[C@@H]3CCCC[C@]3(O)CCN2Cc2ccccc2Cl)c1. The van der Waals surface area contributed by atoms with Gasteiger partial charge in [0, 0.05) is 35.6 Å². The van der Waals surface area contributed by atoms with E-state index in [9.17, 15) is 5.11 Å². The molecule has 1 saturated carbocycles. The molecule has 156 valence electrons. The lowest BCUT2D eigenvalue weighted by Crippen LogP contribution is -2.54. The van der Waals surface area contributed by atoms with Gasteiger partial charge in [0.05, 0.1) is 19.8 Å². The van der Waals surface area contributed by atoms with Gasteiger partial charge in [-0.15, -0.1) is 0 Å². The molecule has 0 aromatic heterocycles. The Balaban J connectivity index is 1.78. The third-order valence-corrected chi connectivity index (χ3v) is 7.13. The van der Waals surface area contributed by atoms with Crippen LogP contribution in [0.2, 0.25) is 5.02 Å². The highest BCUT2D eigenvalue weighted by molar-refractivity contribution is 6.31. The van der Waals surface area contributed by atoms with Gasteiger partial charge >= 0.3 is 0 Å². The molecule has 1 saturated heterocycles. The molecule has 0 spiro atoms. The summed E-state index contributed by atoms with van der Waals surface area (Å²) < 4.78 is 11.3. The predicted octanol–water partition coefficient (Wildman–Crippen LogP) is 5.23. The molecule has 0 radical (unpaired) electrons. The van der Waals surface area contributed by atoms with E-state index >= 15 is 0 Å². The highest BCUT2D eigenvalue weighted by atomic mass is 35.5. The Morgan fingerprint density at radius 3 is 2.69 bits per heavy atom. The van der Waals surface area contributed by atoms with Gasteiger partial charge in [-0.25, -0.2) is 0 Å².